The number of hydrogen-bond acceptors (Lipinski definition) is 5. The second-order valence-corrected chi connectivity index (χ2v) is 9.02. The lowest BCUT2D eigenvalue weighted by Gasteiger charge is -2.14. The van der Waals surface area contributed by atoms with Crippen LogP contribution in [0.25, 0.3) is 6.08 Å². The van der Waals surface area contributed by atoms with E-state index >= 15 is 0 Å². The van der Waals surface area contributed by atoms with Gasteiger partial charge in [0.25, 0.3) is 11.1 Å². The molecule has 1 aliphatic rings. The van der Waals surface area contributed by atoms with Gasteiger partial charge in [0, 0.05) is 4.47 Å². The topological polar surface area (TPSA) is 55.8 Å². The monoisotopic (exact) mass is 551 g/mol. The summed E-state index contributed by atoms with van der Waals surface area (Å²) in [7, 11) is 0. The molecule has 0 radical (unpaired) electrons. The van der Waals surface area contributed by atoms with Crippen molar-refractivity contribution >= 4 is 60.8 Å². The van der Waals surface area contributed by atoms with E-state index in [2.05, 4.69) is 38.4 Å². The van der Waals surface area contributed by atoms with E-state index in [1.165, 1.54) is 4.90 Å². The molecule has 0 saturated carbocycles. The van der Waals surface area contributed by atoms with Gasteiger partial charge in [-0.1, -0.05) is 40.7 Å². The minimum Gasteiger partial charge on any atom is -0.490 e. The molecule has 1 fully saturated rings. The maximum atomic E-state index is 12.8. The number of hydrogen-bond donors (Lipinski definition) is 0. The van der Waals surface area contributed by atoms with Crippen LogP contribution in [0.2, 0.25) is 0 Å². The molecule has 0 N–H and O–H groups in total. The summed E-state index contributed by atoms with van der Waals surface area (Å²) < 4.78 is 13.0. The summed E-state index contributed by atoms with van der Waals surface area (Å²) in [5, 5.41) is -0.291. The number of imide groups is 1. The van der Waals surface area contributed by atoms with Crippen molar-refractivity contribution in [3.8, 4) is 11.5 Å². The number of halogens is 2. The van der Waals surface area contributed by atoms with Crippen LogP contribution in [-0.4, -0.2) is 29.3 Å². The molecule has 30 heavy (non-hydrogen) atoms. The lowest BCUT2D eigenvalue weighted by Crippen LogP contribution is -2.27. The predicted octanol–water partition coefficient (Wildman–Crippen LogP) is 6.41. The van der Waals surface area contributed by atoms with Crippen LogP contribution in [0, 0.1) is 0 Å². The fourth-order valence-electron chi connectivity index (χ4n) is 2.82. The van der Waals surface area contributed by atoms with E-state index in [0.29, 0.717) is 34.1 Å². The number of rotatable bonds is 8. The molecule has 3 rings (SSSR count). The molecule has 0 spiro atoms. The second-order valence-electron chi connectivity index (χ2n) is 6.26. The number of ether oxygens (including phenoxy) is 2. The van der Waals surface area contributed by atoms with Crippen molar-refractivity contribution < 1.29 is 19.1 Å². The summed E-state index contributed by atoms with van der Waals surface area (Å²) in [6, 6.07) is 11.1. The van der Waals surface area contributed by atoms with Gasteiger partial charge in [0.05, 0.1) is 22.5 Å². The van der Waals surface area contributed by atoms with Crippen LogP contribution in [0.5, 0.6) is 11.5 Å². The molecule has 8 heteroatoms. The molecule has 0 aliphatic carbocycles. The summed E-state index contributed by atoms with van der Waals surface area (Å²) in [5.74, 6) is 0.802. The van der Waals surface area contributed by atoms with Crippen molar-refractivity contribution in [3.63, 3.8) is 0 Å². The van der Waals surface area contributed by atoms with Crippen molar-refractivity contribution in [3.05, 3.63) is 74.0 Å². The van der Waals surface area contributed by atoms with Crippen molar-refractivity contribution in [2.45, 2.75) is 13.5 Å². The number of carbonyl (C=O) groups is 2. The average Bonchev–Trinajstić information content (AvgIpc) is 2.95. The largest absolute Gasteiger partial charge is 0.490 e. The van der Waals surface area contributed by atoms with E-state index < -0.39 is 0 Å². The van der Waals surface area contributed by atoms with Crippen LogP contribution in [0.3, 0.4) is 0 Å². The molecule has 2 aromatic carbocycles. The minimum absolute atomic E-state index is 0.226. The van der Waals surface area contributed by atoms with Gasteiger partial charge in [0.1, 0.15) is 6.61 Å². The van der Waals surface area contributed by atoms with Gasteiger partial charge >= 0.3 is 0 Å². The van der Waals surface area contributed by atoms with Gasteiger partial charge in [-0.05, 0) is 76.1 Å². The quantitative estimate of drug-likeness (QED) is 0.280. The molecular formula is C22H19Br2NO4S. The number of thioether (sulfide) groups is 1. The van der Waals surface area contributed by atoms with Crippen LogP contribution >= 0.6 is 43.6 Å². The lowest BCUT2D eigenvalue weighted by molar-refractivity contribution is -0.123. The number of carbonyl (C=O) groups excluding carboxylic acids is 2. The fraction of sp³-hybridized carbons (Fsp3) is 0.182. The Kier molecular flexibility index (Phi) is 7.80. The Morgan fingerprint density at radius 2 is 1.97 bits per heavy atom. The first-order chi connectivity index (χ1) is 14.4. The first-order valence-corrected chi connectivity index (χ1v) is 11.5. The van der Waals surface area contributed by atoms with Gasteiger partial charge in [-0.15, -0.1) is 0 Å². The maximum Gasteiger partial charge on any atom is 0.293 e. The van der Waals surface area contributed by atoms with Gasteiger partial charge in [-0.25, -0.2) is 0 Å². The number of nitrogens with zero attached hydrogens (tertiary/aromatic N) is 1. The molecule has 1 saturated heterocycles. The lowest BCUT2D eigenvalue weighted by atomic mass is 10.1. The minimum atomic E-state index is -0.314. The summed E-state index contributed by atoms with van der Waals surface area (Å²) >= 11 is 7.83. The van der Waals surface area contributed by atoms with E-state index in [9.17, 15) is 9.59 Å². The van der Waals surface area contributed by atoms with Crippen LogP contribution in [-0.2, 0) is 11.3 Å². The van der Waals surface area contributed by atoms with Crippen LogP contribution < -0.4 is 9.47 Å². The molecule has 156 valence electrons. The van der Waals surface area contributed by atoms with Crippen LogP contribution in [0.4, 0.5) is 4.79 Å². The molecule has 0 bridgehead atoms. The molecule has 0 atom stereocenters. The van der Waals surface area contributed by atoms with E-state index in [1.807, 2.05) is 37.3 Å². The van der Waals surface area contributed by atoms with Crippen LogP contribution in [0.15, 0.2) is 62.9 Å². The van der Waals surface area contributed by atoms with Gasteiger partial charge in [0.15, 0.2) is 11.5 Å². The highest BCUT2D eigenvalue weighted by atomic mass is 79.9. The van der Waals surface area contributed by atoms with Gasteiger partial charge < -0.3 is 9.47 Å². The zero-order valence-corrected chi connectivity index (χ0v) is 20.2. The Balaban J connectivity index is 1.86. The molecule has 0 unspecified atom stereocenters. The zero-order valence-electron chi connectivity index (χ0n) is 16.2. The SMILES string of the molecule is C=CCOc1c(Br)cc(/C=C2/SC(=O)N(Cc3cccc(Br)c3)C2=O)cc1OCC. The van der Waals surface area contributed by atoms with E-state index in [0.717, 1.165) is 27.4 Å². The van der Waals surface area contributed by atoms with E-state index in [4.69, 9.17) is 9.47 Å². The molecule has 0 aromatic heterocycles. The summed E-state index contributed by atoms with van der Waals surface area (Å²) in [5.41, 5.74) is 1.60. The first-order valence-electron chi connectivity index (χ1n) is 9.12. The highest BCUT2D eigenvalue weighted by Crippen LogP contribution is 2.39. The Morgan fingerprint density at radius 1 is 1.17 bits per heavy atom. The Labute approximate surface area is 196 Å². The van der Waals surface area contributed by atoms with E-state index in [-0.39, 0.29) is 17.7 Å². The summed E-state index contributed by atoms with van der Waals surface area (Å²) in [6.07, 6.45) is 3.34. The van der Waals surface area contributed by atoms with Crippen molar-refractivity contribution in [2.75, 3.05) is 13.2 Å². The smallest absolute Gasteiger partial charge is 0.293 e. The van der Waals surface area contributed by atoms with Gasteiger partial charge in [0.2, 0.25) is 0 Å². The number of amides is 2. The molecule has 1 heterocycles. The van der Waals surface area contributed by atoms with Crippen molar-refractivity contribution in [1.29, 1.82) is 0 Å². The normalized spacial score (nSPS) is 15.0. The third kappa shape index (κ3) is 5.36. The standard InChI is InChI=1S/C22H19Br2NO4S/c1-3-8-29-20-17(24)10-15(11-18(20)28-4-2)12-19-21(26)25(22(27)30-19)13-14-6-5-7-16(23)9-14/h3,5-7,9-12H,1,4,8,13H2,2H3/b19-12+. The zero-order chi connectivity index (χ0) is 21.7. The first kappa shape index (κ1) is 22.7. The van der Waals surface area contributed by atoms with Crippen LogP contribution in [0.1, 0.15) is 18.1 Å². The number of benzene rings is 2. The summed E-state index contributed by atoms with van der Waals surface area (Å²) in [6.45, 7) is 6.56. The molecule has 1 aliphatic heterocycles. The highest BCUT2D eigenvalue weighted by Gasteiger charge is 2.35. The Bertz CT molecular complexity index is 1020. The van der Waals surface area contributed by atoms with Crippen molar-refractivity contribution in [1.82, 2.24) is 4.90 Å². The molecule has 2 amide bonds. The molecular weight excluding hydrogens is 534 g/mol. The predicted molar refractivity (Wildman–Crippen MR) is 127 cm³/mol. The Hall–Kier alpha value is -2.03. The average molecular weight is 553 g/mol. The summed E-state index contributed by atoms with van der Waals surface area (Å²) in [4.78, 5) is 26.9. The fourth-order valence-corrected chi connectivity index (χ4v) is 4.68. The third-order valence-electron chi connectivity index (χ3n) is 4.08. The Morgan fingerprint density at radius 3 is 2.67 bits per heavy atom. The van der Waals surface area contributed by atoms with Gasteiger partial charge in [-0.2, -0.15) is 0 Å². The van der Waals surface area contributed by atoms with Gasteiger partial charge in [-0.3, -0.25) is 14.5 Å². The second kappa shape index (κ2) is 10.3. The van der Waals surface area contributed by atoms with Crippen molar-refractivity contribution in [2.24, 2.45) is 0 Å². The molecule has 2 aromatic rings. The maximum absolute atomic E-state index is 12.8. The molecule has 5 nitrogen and oxygen atoms in total. The third-order valence-corrected chi connectivity index (χ3v) is 6.07. The van der Waals surface area contributed by atoms with E-state index in [1.54, 1.807) is 18.2 Å². The highest BCUT2D eigenvalue weighted by molar-refractivity contribution is 9.10.